The number of nitrogens with zero attached hydrogens (tertiary/aromatic N) is 2. The molecule has 0 spiro atoms. The Bertz CT molecular complexity index is 446. The molecule has 0 bridgehead atoms. The molecule has 104 valence electrons. The van der Waals surface area contributed by atoms with Gasteiger partial charge in [0, 0.05) is 37.3 Å². The third-order valence-electron chi connectivity index (χ3n) is 3.67. The summed E-state index contributed by atoms with van der Waals surface area (Å²) in [5.74, 6) is 0. The van der Waals surface area contributed by atoms with E-state index in [1.165, 1.54) is 18.9 Å². The summed E-state index contributed by atoms with van der Waals surface area (Å²) in [5.41, 5.74) is 1.12. The van der Waals surface area contributed by atoms with Crippen LogP contribution in [0.1, 0.15) is 31.4 Å². The number of likely N-dealkylation sites (N-methyl/N-ethyl adjacent to an activating group) is 1. The van der Waals surface area contributed by atoms with Crippen LogP contribution in [-0.2, 0) is 0 Å². The van der Waals surface area contributed by atoms with E-state index in [-0.39, 0.29) is 16.7 Å². The summed E-state index contributed by atoms with van der Waals surface area (Å²) < 4.78 is 0. The summed E-state index contributed by atoms with van der Waals surface area (Å²) >= 11 is 0. The average molecular weight is 263 g/mol. The van der Waals surface area contributed by atoms with Crippen LogP contribution in [0.2, 0.25) is 0 Å². The van der Waals surface area contributed by atoms with Crippen molar-refractivity contribution in [2.45, 2.75) is 31.8 Å². The van der Waals surface area contributed by atoms with Gasteiger partial charge in [-0.25, -0.2) is 0 Å². The first-order chi connectivity index (χ1) is 9.08. The number of hydrogen-bond donors (Lipinski definition) is 1. The second kappa shape index (κ2) is 6.12. The highest BCUT2D eigenvalue weighted by Crippen LogP contribution is 2.24. The maximum absolute atomic E-state index is 10.7. The smallest absolute Gasteiger partial charge is 0.269 e. The van der Waals surface area contributed by atoms with Gasteiger partial charge in [0.05, 0.1) is 4.92 Å². The van der Waals surface area contributed by atoms with E-state index in [1.54, 1.807) is 12.1 Å². The minimum absolute atomic E-state index is 0.132. The van der Waals surface area contributed by atoms with Gasteiger partial charge in [-0.1, -0.05) is 12.1 Å². The first-order valence-electron chi connectivity index (χ1n) is 6.76. The molecule has 5 heteroatoms. The maximum Gasteiger partial charge on any atom is 0.269 e. The molecule has 0 heterocycles. The third kappa shape index (κ3) is 4.01. The molecule has 1 saturated carbocycles. The molecule has 0 saturated heterocycles. The number of non-ortho nitro benzene ring substituents is 1. The van der Waals surface area contributed by atoms with E-state index in [2.05, 4.69) is 17.3 Å². The largest absolute Gasteiger partial charge is 0.309 e. The lowest BCUT2D eigenvalue weighted by atomic mass is 10.1. The zero-order chi connectivity index (χ0) is 13.8. The Morgan fingerprint density at radius 1 is 1.53 bits per heavy atom. The molecule has 5 nitrogen and oxygen atoms in total. The van der Waals surface area contributed by atoms with Gasteiger partial charge in [-0.3, -0.25) is 10.1 Å². The SMILES string of the molecule is CC(NCCN(C)C1CC1)c1cccc([N+](=O)[O-])c1. The van der Waals surface area contributed by atoms with Crippen LogP contribution in [-0.4, -0.2) is 36.0 Å². The Kier molecular flexibility index (Phi) is 4.50. The van der Waals surface area contributed by atoms with E-state index in [1.807, 2.05) is 13.0 Å². The molecular weight excluding hydrogens is 242 g/mol. The Hall–Kier alpha value is -1.46. The zero-order valence-corrected chi connectivity index (χ0v) is 11.5. The Balaban J connectivity index is 1.83. The highest BCUT2D eigenvalue weighted by atomic mass is 16.6. The first kappa shape index (κ1) is 14.0. The molecule has 1 atom stereocenters. The lowest BCUT2D eigenvalue weighted by Gasteiger charge is -2.19. The average Bonchev–Trinajstić information content (AvgIpc) is 3.23. The van der Waals surface area contributed by atoms with Crippen molar-refractivity contribution in [3.05, 3.63) is 39.9 Å². The fraction of sp³-hybridized carbons (Fsp3) is 0.571. The van der Waals surface area contributed by atoms with Crippen molar-refractivity contribution in [3.63, 3.8) is 0 Å². The number of nitro groups is 1. The van der Waals surface area contributed by atoms with Gasteiger partial charge in [0.1, 0.15) is 0 Å². The summed E-state index contributed by atoms with van der Waals surface area (Å²) in [4.78, 5) is 12.8. The summed E-state index contributed by atoms with van der Waals surface area (Å²) in [6, 6.07) is 7.73. The number of hydrogen-bond acceptors (Lipinski definition) is 4. The van der Waals surface area contributed by atoms with Crippen LogP contribution in [0.5, 0.6) is 0 Å². The van der Waals surface area contributed by atoms with Crippen LogP contribution in [0.15, 0.2) is 24.3 Å². The summed E-state index contributed by atoms with van der Waals surface area (Å²) in [6.45, 7) is 3.96. The van der Waals surface area contributed by atoms with Gasteiger partial charge in [0.25, 0.3) is 5.69 Å². The van der Waals surface area contributed by atoms with Gasteiger partial charge in [0.2, 0.25) is 0 Å². The third-order valence-corrected chi connectivity index (χ3v) is 3.67. The molecule has 1 aromatic rings. The van der Waals surface area contributed by atoms with Gasteiger partial charge < -0.3 is 10.2 Å². The van der Waals surface area contributed by atoms with Gasteiger partial charge >= 0.3 is 0 Å². The predicted molar refractivity (Wildman–Crippen MR) is 75.2 cm³/mol. The lowest BCUT2D eigenvalue weighted by Crippen LogP contribution is -2.31. The molecule has 1 aromatic carbocycles. The molecule has 1 N–H and O–H groups in total. The Morgan fingerprint density at radius 2 is 2.26 bits per heavy atom. The topological polar surface area (TPSA) is 58.4 Å². The number of nitro benzene ring substituents is 1. The van der Waals surface area contributed by atoms with E-state index < -0.39 is 0 Å². The van der Waals surface area contributed by atoms with Gasteiger partial charge in [-0.2, -0.15) is 0 Å². The minimum atomic E-state index is -0.350. The molecular formula is C14H21N3O2. The van der Waals surface area contributed by atoms with E-state index in [0.29, 0.717) is 0 Å². The number of rotatable bonds is 7. The van der Waals surface area contributed by atoms with Gasteiger partial charge in [-0.15, -0.1) is 0 Å². The van der Waals surface area contributed by atoms with Crippen LogP contribution in [0.25, 0.3) is 0 Å². The summed E-state index contributed by atoms with van der Waals surface area (Å²) in [6.07, 6.45) is 2.63. The van der Waals surface area contributed by atoms with E-state index in [0.717, 1.165) is 24.7 Å². The van der Waals surface area contributed by atoms with Crippen molar-refractivity contribution in [2.24, 2.45) is 0 Å². The highest BCUT2D eigenvalue weighted by Gasteiger charge is 2.25. The second-order valence-electron chi connectivity index (χ2n) is 5.24. The Labute approximate surface area is 113 Å². The fourth-order valence-corrected chi connectivity index (χ4v) is 2.18. The van der Waals surface area contributed by atoms with E-state index in [9.17, 15) is 10.1 Å². The standard InChI is InChI=1S/C14H21N3O2/c1-11(15-8-9-16(2)13-6-7-13)12-4-3-5-14(10-12)17(18)19/h3-5,10-11,13,15H,6-9H2,1-2H3. The van der Waals surface area contributed by atoms with Crippen LogP contribution >= 0.6 is 0 Å². The van der Waals surface area contributed by atoms with Crippen LogP contribution in [0, 0.1) is 10.1 Å². The highest BCUT2D eigenvalue weighted by molar-refractivity contribution is 5.35. The van der Waals surface area contributed by atoms with Crippen molar-refractivity contribution in [2.75, 3.05) is 20.1 Å². The number of nitrogens with one attached hydrogen (secondary N) is 1. The van der Waals surface area contributed by atoms with Crippen molar-refractivity contribution in [3.8, 4) is 0 Å². The first-order valence-corrected chi connectivity index (χ1v) is 6.76. The van der Waals surface area contributed by atoms with E-state index >= 15 is 0 Å². The van der Waals surface area contributed by atoms with Crippen molar-refractivity contribution >= 4 is 5.69 Å². The second-order valence-corrected chi connectivity index (χ2v) is 5.24. The molecule has 0 amide bonds. The van der Waals surface area contributed by atoms with Gasteiger partial charge in [-0.05, 0) is 32.4 Å². The molecule has 19 heavy (non-hydrogen) atoms. The summed E-state index contributed by atoms with van der Waals surface area (Å²) in [7, 11) is 2.15. The van der Waals surface area contributed by atoms with Crippen LogP contribution in [0.4, 0.5) is 5.69 Å². The monoisotopic (exact) mass is 263 g/mol. The normalized spacial score (nSPS) is 16.6. The minimum Gasteiger partial charge on any atom is -0.309 e. The molecule has 2 rings (SSSR count). The molecule has 0 aromatic heterocycles. The van der Waals surface area contributed by atoms with E-state index in [4.69, 9.17) is 0 Å². The molecule has 1 fully saturated rings. The van der Waals surface area contributed by atoms with Crippen molar-refractivity contribution < 1.29 is 4.92 Å². The number of benzene rings is 1. The summed E-state index contributed by atoms with van der Waals surface area (Å²) in [5, 5.41) is 14.2. The van der Waals surface area contributed by atoms with Gasteiger partial charge in [0.15, 0.2) is 0 Å². The van der Waals surface area contributed by atoms with Crippen LogP contribution < -0.4 is 5.32 Å². The molecule has 1 aliphatic rings. The maximum atomic E-state index is 10.7. The van der Waals surface area contributed by atoms with Crippen molar-refractivity contribution in [1.82, 2.24) is 10.2 Å². The predicted octanol–water partition coefficient (Wildman–Crippen LogP) is 2.34. The molecule has 0 aliphatic heterocycles. The van der Waals surface area contributed by atoms with Crippen molar-refractivity contribution in [1.29, 1.82) is 0 Å². The molecule has 0 radical (unpaired) electrons. The lowest BCUT2D eigenvalue weighted by molar-refractivity contribution is -0.384. The molecule has 1 aliphatic carbocycles. The molecule has 1 unspecified atom stereocenters. The zero-order valence-electron chi connectivity index (χ0n) is 11.5. The fourth-order valence-electron chi connectivity index (χ4n) is 2.18. The van der Waals surface area contributed by atoms with Crippen LogP contribution in [0.3, 0.4) is 0 Å². The Morgan fingerprint density at radius 3 is 2.89 bits per heavy atom. The quantitative estimate of drug-likeness (QED) is 0.606.